The van der Waals surface area contributed by atoms with E-state index in [0.717, 1.165) is 26.9 Å². The van der Waals surface area contributed by atoms with Crippen LogP contribution in [0.3, 0.4) is 0 Å². The molecule has 0 bridgehead atoms. The minimum atomic E-state index is 0.634. The fourth-order valence-corrected chi connectivity index (χ4v) is 2.66. The smallest absolute Gasteiger partial charge is 0.160 e. The molecule has 17 heavy (non-hydrogen) atoms. The number of para-hydroxylation sites is 1. The highest BCUT2D eigenvalue weighted by Gasteiger charge is 2.15. The van der Waals surface area contributed by atoms with Crippen LogP contribution in [0.5, 0.6) is 0 Å². The molecule has 1 heterocycles. The number of thioether (sulfide) groups is 1. The van der Waals surface area contributed by atoms with E-state index in [0.29, 0.717) is 11.3 Å². The van der Waals surface area contributed by atoms with E-state index in [1.807, 2.05) is 36.6 Å². The second-order valence-electron chi connectivity index (χ2n) is 3.88. The van der Waals surface area contributed by atoms with Crippen molar-refractivity contribution in [1.29, 1.82) is 0 Å². The molecule has 3 rings (SSSR count). The highest BCUT2D eigenvalue weighted by atomic mass is 32.2. The van der Waals surface area contributed by atoms with Gasteiger partial charge in [0.15, 0.2) is 5.58 Å². The Morgan fingerprint density at radius 2 is 1.94 bits per heavy atom. The number of furan rings is 1. The minimum absolute atomic E-state index is 0.634. The second-order valence-corrected chi connectivity index (χ2v) is 4.73. The van der Waals surface area contributed by atoms with E-state index < -0.39 is 0 Å². The molecule has 2 aromatic carbocycles. The summed E-state index contributed by atoms with van der Waals surface area (Å²) in [6, 6.07) is 9.70. The van der Waals surface area contributed by atoms with Crippen LogP contribution >= 0.6 is 11.8 Å². The molecule has 0 fully saturated rings. The van der Waals surface area contributed by atoms with E-state index in [1.54, 1.807) is 11.8 Å². The van der Waals surface area contributed by atoms with E-state index >= 15 is 0 Å². The number of nitrogens with two attached hydrogens (primary N) is 2. The summed E-state index contributed by atoms with van der Waals surface area (Å²) in [4.78, 5) is 0.988. The van der Waals surface area contributed by atoms with Crippen molar-refractivity contribution in [1.82, 2.24) is 0 Å². The van der Waals surface area contributed by atoms with E-state index in [-0.39, 0.29) is 0 Å². The Morgan fingerprint density at radius 3 is 2.71 bits per heavy atom. The van der Waals surface area contributed by atoms with Gasteiger partial charge in [0.05, 0.1) is 16.8 Å². The molecule has 0 aliphatic heterocycles. The highest BCUT2D eigenvalue weighted by molar-refractivity contribution is 7.98. The Hall–Kier alpha value is -1.81. The van der Waals surface area contributed by atoms with Gasteiger partial charge in [-0.3, -0.25) is 0 Å². The number of hydrogen-bond acceptors (Lipinski definition) is 4. The van der Waals surface area contributed by atoms with Crippen LogP contribution in [0.25, 0.3) is 21.9 Å². The molecule has 0 spiro atoms. The fourth-order valence-electron chi connectivity index (χ4n) is 2.09. The Labute approximate surface area is 103 Å². The zero-order valence-electron chi connectivity index (χ0n) is 9.36. The van der Waals surface area contributed by atoms with Crippen LogP contribution < -0.4 is 11.5 Å². The summed E-state index contributed by atoms with van der Waals surface area (Å²) in [7, 11) is 0. The van der Waals surface area contributed by atoms with E-state index in [4.69, 9.17) is 15.9 Å². The first-order valence-electron chi connectivity index (χ1n) is 5.25. The fraction of sp³-hybridized carbons (Fsp3) is 0.0769. The molecule has 0 unspecified atom stereocenters. The molecule has 0 amide bonds. The van der Waals surface area contributed by atoms with Crippen molar-refractivity contribution >= 4 is 45.1 Å². The number of benzene rings is 2. The van der Waals surface area contributed by atoms with Crippen LogP contribution in [-0.4, -0.2) is 6.26 Å². The zero-order chi connectivity index (χ0) is 12.0. The molecule has 0 radical (unpaired) electrons. The lowest BCUT2D eigenvalue weighted by molar-refractivity contribution is 0.670. The van der Waals surface area contributed by atoms with Gasteiger partial charge in [-0.25, -0.2) is 0 Å². The van der Waals surface area contributed by atoms with Crippen molar-refractivity contribution < 1.29 is 4.42 Å². The topological polar surface area (TPSA) is 65.2 Å². The maximum absolute atomic E-state index is 6.17. The van der Waals surface area contributed by atoms with Gasteiger partial charge in [0.25, 0.3) is 0 Å². The summed E-state index contributed by atoms with van der Waals surface area (Å²) >= 11 is 1.59. The third-order valence-corrected chi connectivity index (χ3v) is 3.68. The quantitative estimate of drug-likeness (QED) is 0.508. The first-order chi connectivity index (χ1) is 8.22. The van der Waals surface area contributed by atoms with Crippen molar-refractivity contribution in [2.45, 2.75) is 4.90 Å². The molecule has 0 aliphatic rings. The van der Waals surface area contributed by atoms with Gasteiger partial charge in [0, 0.05) is 10.3 Å². The van der Waals surface area contributed by atoms with Gasteiger partial charge < -0.3 is 15.9 Å². The number of nitrogen functional groups attached to an aromatic ring is 2. The molecule has 1 aromatic heterocycles. The summed E-state index contributed by atoms with van der Waals surface area (Å²) in [5.41, 5.74) is 15.1. The molecule has 0 saturated carbocycles. The van der Waals surface area contributed by atoms with Gasteiger partial charge in [-0.05, 0) is 18.4 Å². The molecule has 4 N–H and O–H groups in total. The lowest BCUT2D eigenvalue weighted by Crippen LogP contribution is -1.93. The van der Waals surface area contributed by atoms with Crippen molar-refractivity contribution in [2.75, 3.05) is 17.7 Å². The van der Waals surface area contributed by atoms with Crippen molar-refractivity contribution in [3.63, 3.8) is 0 Å². The molecule has 4 heteroatoms. The molecular formula is C13H12N2OS. The van der Waals surface area contributed by atoms with Crippen LogP contribution in [-0.2, 0) is 0 Å². The lowest BCUT2D eigenvalue weighted by Gasteiger charge is -2.05. The number of hydrogen-bond donors (Lipinski definition) is 2. The Bertz CT molecular complexity index is 718. The van der Waals surface area contributed by atoms with Gasteiger partial charge in [0.1, 0.15) is 5.58 Å². The second kappa shape index (κ2) is 3.60. The van der Waals surface area contributed by atoms with Gasteiger partial charge >= 0.3 is 0 Å². The minimum Gasteiger partial charge on any atom is -0.454 e. The molecule has 0 atom stereocenters. The third-order valence-electron chi connectivity index (χ3n) is 2.90. The van der Waals surface area contributed by atoms with Crippen LogP contribution in [0.15, 0.2) is 39.6 Å². The lowest BCUT2D eigenvalue weighted by atomic mass is 10.1. The number of fused-ring (bicyclic) bond motifs is 3. The maximum atomic E-state index is 6.17. The summed E-state index contributed by atoms with van der Waals surface area (Å²) in [6.07, 6.45) is 1.99. The van der Waals surface area contributed by atoms with E-state index in [1.165, 1.54) is 0 Å². The summed E-state index contributed by atoms with van der Waals surface area (Å²) < 4.78 is 5.75. The van der Waals surface area contributed by atoms with Crippen molar-refractivity contribution in [3.8, 4) is 0 Å². The molecule has 0 saturated heterocycles. The standard InChI is InChI=1S/C13H12N2OS/c1-17-10-6-8(14)13-11(12(10)15)7-4-2-3-5-9(7)16-13/h2-6H,14-15H2,1H3. The van der Waals surface area contributed by atoms with Gasteiger partial charge in [-0.15, -0.1) is 11.8 Å². The molecule has 86 valence electrons. The SMILES string of the molecule is CSc1cc(N)c2oc3ccccc3c2c1N. The van der Waals surface area contributed by atoms with Crippen molar-refractivity contribution in [2.24, 2.45) is 0 Å². The highest BCUT2D eigenvalue weighted by Crippen LogP contribution is 2.40. The van der Waals surface area contributed by atoms with Gasteiger partial charge in [-0.2, -0.15) is 0 Å². The molecular weight excluding hydrogens is 232 g/mol. The predicted molar refractivity (Wildman–Crippen MR) is 74.3 cm³/mol. The normalized spacial score (nSPS) is 11.4. The average Bonchev–Trinajstić information content (AvgIpc) is 2.73. The van der Waals surface area contributed by atoms with Crippen LogP contribution in [0.2, 0.25) is 0 Å². The van der Waals surface area contributed by atoms with E-state index in [9.17, 15) is 0 Å². The molecule has 3 aromatic rings. The largest absolute Gasteiger partial charge is 0.454 e. The molecule has 3 nitrogen and oxygen atoms in total. The zero-order valence-corrected chi connectivity index (χ0v) is 10.2. The summed E-state index contributed by atoms with van der Waals surface area (Å²) in [5.74, 6) is 0. The average molecular weight is 244 g/mol. The Morgan fingerprint density at radius 1 is 1.18 bits per heavy atom. The first-order valence-corrected chi connectivity index (χ1v) is 6.48. The summed E-state index contributed by atoms with van der Waals surface area (Å²) in [5, 5.41) is 1.94. The maximum Gasteiger partial charge on any atom is 0.160 e. The monoisotopic (exact) mass is 244 g/mol. The number of anilines is 2. The van der Waals surface area contributed by atoms with Gasteiger partial charge in [0.2, 0.25) is 0 Å². The van der Waals surface area contributed by atoms with Gasteiger partial charge in [-0.1, -0.05) is 18.2 Å². The number of rotatable bonds is 1. The van der Waals surface area contributed by atoms with E-state index in [2.05, 4.69) is 0 Å². The van der Waals surface area contributed by atoms with Crippen molar-refractivity contribution in [3.05, 3.63) is 30.3 Å². The Kier molecular flexibility index (Phi) is 2.19. The first kappa shape index (κ1) is 10.4. The van der Waals surface area contributed by atoms with Crippen LogP contribution in [0.1, 0.15) is 0 Å². The molecule has 0 aliphatic carbocycles. The third kappa shape index (κ3) is 1.37. The predicted octanol–water partition coefficient (Wildman–Crippen LogP) is 3.47. The summed E-state index contributed by atoms with van der Waals surface area (Å²) in [6.45, 7) is 0. The van der Waals surface area contributed by atoms with Crippen LogP contribution in [0.4, 0.5) is 11.4 Å². The van der Waals surface area contributed by atoms with Crippen LogP contribution in [0, 0.1) is 0 Å². The Balaban J connectivity index is 2.58.